The highest BCUT2D eigenvalue weighted by molar-refractivity contribution is 5.85. The Morgan fingerprint density at radius 1 is 1.03 bits per heavy atom. The van der Waals surface area contributed by atoms with E-state index in [0.717, 1.165) is 17.5 Å². The number of benzene rings is 2. The SMILES string of the molecule is CCC1OC(=O)C(COCCC(C)C)N1C(=O)OCC1c2ccccc2-c2ccccc21. The summed E-state index contributed by atoms with van der Waals surface area (Å²) in [5.74, 6) is 0.0356. The molecule has 2 unspecified atom stereocenters. The molecular weight excluding hydrogens is 406 g/mol. The molecule has 170 valence electrons. The van der Waals surface area contributed by atoms with Crippen LogP contribution in [0.15, 0.2) is 48.5 Å². The maximum Gasteiger partial charge on any atom is 0.413 e. The maximum absolute atomic E-state index is 13.1. The number of nitrogens with zero attached hydrogens (tertiary/aromatic N) is 1. The number of carbonyl (C=O) groups excluding carboxylic acids is 2. The summed E-state index contributed by atoms with van der Waals surface area (Å²) >= 11 is 0. The summed E-state index contributed by atoms with van der Waals surface area (Å²) < 4.78 is 16.9. The van der Waals surface area contributed by atoms with Crippen molar-refractivity contribution in [2.45, 2.75) is 51.8 Å². The molecule has 2 aromatic carbocycles. The molecule has 2 atom stereocenters. The number of fused-ring (bicyclic) bond motifs is 3. The minimum atomic E-state index is -0.775. The Morgan fingerprint density at radius 2 is 1.66 bits per heavy atom. The normalized spacial score (nSPS) is 19.8. The van der Waals surface area contributed by atoms with Crippen molar-refractivity contribution in [3.8, 4) is 11.1 Å². The van der Waals surface area contributed by atoms with E-state index < -0.39 is 24.3 Å². The summed E-state index contributed by atoms with van der Waals surface area (Å²) in [6, 6.07) is 15.6. The molecule has 6 heteroatoms. The zero-order chi connectivity index (χ0) is 22.7. The first-order valence-corrected chi connectivity index (χ1v) is 11.4. The molecule has 0 saturated carbocycles. The number of rotatable bonds is 8. The molecule has 2 aromatic rings. The van der Waals surface area contributed by atoms with Gasteiger partial charge in [-0.2, -0.15) is 0 Å². The molecule has 0 spiro atoms. The van der Waals surface area contributed by atoms with Gasteiger partial charge in [0.05, 0.1) is 6.61 Å². The number of esters is 1. The highest BCUT2D eigenvalue weighted by Gasteiger charge is 2.45. The zero-order valence-corrected chi connectivity index (χ0v) is 19.0. The molecule has 1 heterocycles. The van der Waals surface area contributed by atoms with Crippen LogP contribution in [-0.2, 0) is 19.0 Å². The van der Waals surface area contributed by atoms with Gasteiger partial charge in [0.1, 0.15) is 6.61 Å². The number of ether oxygens (including phenoxy) is 3. The number of hydrogen-bond donors (Lipinski definition) is 0. The van der Waals surface area contributed by atoms with Crippen molar-refractivity contribution >= 4 is 12.1 Å². The third-order valence-electron chi connectivity index (χ3n) is 6.18. The Hall–Kier alpha value is -2.86. The van der Waals surface area contributed by atoms with E-state index in [4.69, 9.17) is 14.2 Å². The van der Waals surface area contributed by atoms with E-state index in [1.54, 1.807) is 0 Å². The molecular formula is C26H31NO5. The average Bonchev–Trinajstić information content (AvgIpc) is 3.29. The molecule has 32 heavy (non-hydrogen) atoms. The molecule has 6 nitrogen and oxygen atoms in total. The molecule has 1 saturated heterocycles. The van der Waals surface area contributed by atoms with Crippen LogP contribution >= 0.6 is 0 Å². The summed E-state index contributed by atoms with van der Waals surface area (Å²) in [5.41, 5.74) is 4.64. The highest BCUT2D eigenvalue weighted by atomic mass is 16.6. The molecule has 4 rings (SSSR count). The topological polar surface area (TPSA) is 65.1 Å². The van der Waals surface area contributed by atoms with Gasteiger partial charge in [-0.3, -0.25) is 4.90 Å². The van der Waals surface area contributed by atoms with E-state index in [1.165, 1.54) is 16.0 Å². The predicted molar refractivity (Wildman–Crippen MR) is 121 cm³/mol. The summed E-state index contributed by atoms with van der Waals surface area (Å²) in [6.45, 7) is 6.97. The van der Waals surface area contributed by atoms with Crippen molar-refractivity contribution < 1.29 is 23.8 Å². The van der Waals surface area contributed by atoms with Crippen molar-refractivity contribution in [3.63, 3.8) is 0 Å². The quantitative estimate of drug-likeness (QED) is 0.431. The van der Waals surface area contributed by atoms with E-state index in [9.17, 15) is 9.59 Å². The Labute approximate surface area is 189 Å². The first-order valence-electron chi connectivity index (χ1n) is 11.4. The van der Waals surface area contributed by atoms with Gasteiger partial charge in [0.2, 0.25) is 0 Å². The molecule has 0 bridgehead atoms. The van der Waals surface area contributed by atoms with Crippen LogP contribution in [0.25, 0.3) is 11.1 Å². The van der Waals surface area contributed by atoms with Crippen LogP contribution in [0.2, 0.25) is 0 Å². The van der Waals surface area contributed by atoms with Crippen molar-refractivity contribution in [2.24, 2.45) is 5.92 Å². The van der Waals surface area contributed by atoms with E-state index in [-0.39, 0.29) is 19.1 Å². The minimum absolute atomic E-state index is 0.0357. The van der Waals surface area contributed by atoms with Crippen LogP contribution < -0.4 is 0 Å². The lowest BCUT2D eigenvalue weighted by Gasteiger charge is -2.25. The second kappa shape index (κ2) is 9.74. The van der Waals surface area contributed by atoms with Gasteiger partial charge in [-0.15, -0.1) is 0 Å². The van der Waals surface area contributed by atoms with Gasteiger partial charge in [-0.25, -0.2) is 9.59 Å². The van der Waals surface area contributed by atoms with Crippen molar-refractivity contribution in [2.75, 3.05) is 19.8 Å². The Morgan fingerprint density at radius 3 is 2.25 bits per heavy atom. The van der Waals surface area contributed by atoms with Gasteiger partial charge in [-0.05, 0) is 34.6 Å². The Kier molecular flexibility index (Phi) is 6.80. The second-order valence-electron chi connectivity index (χ2n) is 8.78. The number of hydrogen-bond acceptors (Lipinski definition) is 5. The Balaban J connectivity index is 1.45. The molecule has 2 aliphatic rings. The van der Waals surface area contributed by atoms with Crippen LogP contribution in [0.4, 0.5) is 4.79 Å². The second-order valence-corrected chi connectivity index (χ2v) is 8.78. The summed E-state index contributed by atoms with van der Waals surface area (Å²) in [5, 5.41) is 0. The number of carbonyl (C=O) groups is 2. The smallest absolute Gasteiger partial charge is 0.413 e. The highest BCUT2D eigenvalue weighted by Crippen LogP contribution is 2.44. The number of amides is 1. The molecule has 0 aromatic heterocycles. The fourth-order valence-electron chi connectivity index (χ4n) is 4.44. The molecule has 0 radical (unpaired) electrons. The van der Waals surface area contributed by atoms with Crippen LogP contribution in [0, 0.1) is 5.92 Å². The van der Waals surface area contributed by atoms with Crippen LogP contribution in [0.5, 0.6) is 0 Å². The molecule has 1 fully saturated rings. The summed E-state index contributed by atoms with van der Waals surface area (Å²) in [7, 11) is 0. The van der Waals surface area contributed by atoms with Crippen LogP contribution in [0.3, 0.4) is 0 Å². The number of cyclic esters (lactones) is 1. The van der Waals surface area contributed by atoms with Crippen LogP contribution in [-0.4, -0.2) is 49.1 Å². The Bertz CT molecular complexity index is 927. The van der Waals surface area contributed by atoms with Crippen molar-refractivity contribution in [1.29, 1.82) is 0 Å². The molecule has 1 aliphatic heterocycles. The van der Waals surface area contributed by atoms with Gasteiger partial charge in [0, 0.05) is 18.9 Å². The van der Waals surface area contributed by atoms with E-state index in [0.29, 0.717) is 18.9 Å². The van der Waals surface area contributed by atoms with Gasteiger partial charge in [-0.1, -0.05) is 69.3 Å². The average molecular weight is 438 g/mol. The maximum atomic E-state index is 13.1. The molecule has 1 amide bonds. The lowest BCUT2D eigenvalue weighted by Crippen LogP contribution is -2.45. The lowest BCUT2D eigenvalue weighted by molar-refractivity contribution is -0.143. The van der Waals surface area contributed by atoms with E-state index in [2.05, 4.69) is 38.1 Å². The third-order valence-corrected chi connectivity index (χ3v) is 6.18. The van der Waals surface area contributed by atoms with Gasteiger partial charge < -0.3 is 14.2 Å². The van der Waals surface area contributed by atoms with Gasteiger partial charge in [0.15, 0.2) is 12.3 Å². The molecule has 1 aliphatic carbocycles. The summed E-state index contributed by atoms with van der Waals surface area (Å²) in [6.07, 6.45) is 0.224. The monoisotopic (exact) mass is 437 g/mol. The zero-order valence-electron chi connectivity index (χ0n) is 19.0. The molecule has 0 N–H and O–H groups in total. The van der Waals surface area contributed by atoms with Gasteiger partial charge in [0.25, 0.3) is 0 Å². The standard InChI is InChI=1S/C26H31NO5/c1-4-24-27(23(25(28)32-24)16-30-14-13-17(2)3)26(29)31-15-22-20-11-7-5-9-18(20)19-10-6-8-12-21(19)22/h5-12,17,22-24H,4,13-16H2,1-3H3. The minimum Gasteiger partial charge on any atom is -0.448 e. The van der Waals surface area contributed by atoms with Crippen molar-refractivity contribution in [3.05, 3.63) is 59.7 Å². The largest absolute Gasteiger partial charge is 0.448 e. The van der Waals surface area contributed by atoms with Crippen LogP contribution in [0.1, 0.15) is 50.7 Å². The predicted octanol–water partition coefficient (Wildman–Crippen LogP) is 4.96. The van der Waals surface area contributed by atoms with Crippen molar-refractivity contribution in [1.82, 2.24) is 4.90 Å². The first-order chi connectivity index (χ1) is 15.5. The fourth-order valence-corrected chi connectivity index (χ4v) is 4.44. The fraction of sp³-hybridized carbons (Fsp3) is 0.462. The van der Waals surface area contributed by atoms with E-state index >= 15 is 0 Å². The van der Waals surface area contributed by atoms with Gasteiger partial charge >= 0.3 is 12.1 Å². The first kappa shape index (κ1) is 22.3. The van der Waals surface area contributed by atoms with E-state index in [1.807, 2.05) is 31.2 Å². The lowest BCUT2D eigenvalue weighted by atomic mass is 9.98. The third kappa shape index (κ3) is 4.37. The summed E-state index contributed by atoms with van der Waals surface area (Å²) in [4.78, 5) is 26.9.